The van der Waals surface area contributed by atoms with E-state index in [0.29, 0.717) is 30.4 Å². The third kappa shape index (κ3) is 6.76. The van der Waals surface area contributed by atoms with E-state index in [2.05, 4.69) is 42.7 Å². The Morgan fingerprint density at radius 1 is 1.12 bits per heavy atom. The summed E-state index contributed by atoms with van der Waals surface area (Å²) >= 11 is 1.43. The van der Waals surface area contributed by atoms with Crippen LogP contribution in [0.15, 0.2) is 71.1 Å². The van der Waals surface area contributed by atoms with Gasteiger partial charge in [-0.15, -0.1) is 15.9 Å². The second kappa shape index (κ2) is 14.2. The molecule has 0 spiro atoms. The average Bonchev–Trinajstić information content (AvgIpc) is 3.48. The van der Waals surface area contributed by atoms with E-state index in [1.807, 2.05) is 56.8 Å². The molecule has 0 radical (unpaired) electrons. The zero-order valence-electron chi connectivity index (χ0n) is 27.6. The Hall–Kier alpha value is -4.08. The van der Waals surface area contributed by atoms with Crippen LogP contribution in [0.5, 0.6) is 5.88 Å². The van der Waals surface area contributed by atoms with Gasteiger partial charge in [-0.1, -0.05) is 48.2 Å². The topological polar surface area (TPSA) is 151 Å². The SMILES string of the molecule is CCC1CN(Cc2cc(C(CC(=O)Nc3cnc(SC)nc3)c3ccc4c(nnn4CC)c3C)ccc2C)S(O)(O)c2cccnc2O1. The summed E-state index contributed by atoms with van der Waals surface area (Å²) in [6.07, 6.45) is 7.25. The lowest BCUT2D eigenvalue weighted by Crippen LogP contribution is -2.34. The number of hydrogen-bond acceptors (Lipinski definition) is 11. The molecule has 0 saturated heterocycles. The summed E-state index contributed by atoms with van der Waals surface area (Å²) in [5.74, 6) is -0.274. The van der Waals surface area contributed by atoms with Gasteiger partial charge in [0.1, 0.15) is 16.5 Å². The van der Waals surface area contributed by atoms with Gasteiger partial charge in [0.15, 0.2) is 5.16 Å². The minimum absolute atomic E-state index is 0.144. The minimum Gasteiger partial charge on any atom is -0.472 e. The number of rotatable bonds is 10. The van der Waals surface area contributed by atoms with Gasteiger partial charge in [0.2, 0.25) is 11.8 Å². The van der Waals surface area contributed by atoms with Crippen molar-refractivity contribution in [2.75, 3.05) is 18.1 Å². The van der Waals surface area contributed by atoms with Gasteiger partial charge >= 0.3 is 0 Å². The normalized spacial score (nSPS) is 17.3. The summed E-state index contributed by atoms with van der Waals surface area (Å²) in [5.41, 5.74) is 6.99. The highest BCUT2D eigenvalue weighted by atomic mass is 32.3. The van der Waals surface area contributed by atoms with E-state index in [9.17, 15) is 13.9 Å². The Bertz CT molecular complexity index is 1930. The van der Waals surface area contributed by atoms with Crippen LogP contribution in [-0.2, 0) is 17.9 Å². The summed E-state index contributed by atoms with van der Waals surface area (Å²) in [7, 11) is -3.40. The molecule has 3 aromatic heterocycles. The van der Waals surface area contributed by atoms with Crippen molar-refractivity contribution in [1.29, 1.82) is 0 Å². The van der Waals surface area contributed by atoms with Gasteiger partial charge in [-0.3, -0.25) is 13.9 Å². The predicted molar refractivity (Wildman–Crippen MR) is 188 cm³/mol. The molecule has 1 aliphatic heterocycles. The molecular formula is C34H40N8O4S2. The molecule has 14 heteroatoms. The van der Waals surface area contributed by atoms with Crippen LogP contribution >= 0.6 is 22.5 Å². The van der Waals surface area contributed by atoms with Crippen LogP contribution in [0, 0.1) is 13.8 Å². The molecule has 2 unspecified atom stereocenters. The fourth-order valence-electron chi connectivity index (χ4n) is 6.06. The quantitative estimate of drug-likeness (QED) is 0.105. The van der Waals surface area contributed by atoms with Crippen molar-refractivity contribution in [3.63, 3.8) is 0 Å². The third-order valence-corrected chi connectivity index (χ3v) is 11.3. The smallest absolute Gasteiger partial charge is 0.239 e. The molecule has 5 aromatic rings. The van der Waals surface area contributed by atoms with Crippen LogP contribution in [0.3, 0.4) is 0 Å². The Morgan fingerprint density at radius 3 is 2.65 bits per heavy atom. The zero-order valence-corrected chi connectivity index (χ0v) is 29.3. The molecule has 1 aliphatic rings. The van der Waals surface area contributed by atoms with Crippen molar-refractivity contribution in [2.24, 2.45) is 0 Å². The number of nitrogens with one attached hydrogen (secondary N) is 1. The average molecular weight is 689 g/mol. The number of aromatic nitrogens is 6. The number of anilines is 1. The lowest BCUT2D eigenvalue weighted by atomic mass is 9.84. The van der Waals surface area contributed by atoms with Gasteiger partial charge in [-0.05, 0) is 79.5 Å². The molecule has 0 bridgehead atoms. The van der Waals surface area contributed by atoms with Gasteiger partial charge in [-0.2, -0.15) is 4.31 Å². The highest BCUT2D eigenvalue weighted by molar-refractivity contribution is 8.22. The molecule has 4 heterocycles. The largest absolute Gasteiger partial charge is 0.472 e. The molecule has 2 atom stereocenters. The van der Waals surface area contributed by atoms with Gasteiger partial charge in [0.25, 0.3) is 0 Å². The van der Waals surface area contributed by atoms with E-state index in [1.54, 1.807) is 35.0 Å². The molecule has 48 heavy (non-hydrogen) atoms. The van der Waals surface area contributed by atoms with Crippen LogP contribution in [0.4, 0.5) is 5.69 Å². The van der Waals surface area contributed by atoms with Gasteiger partial charge in [0.05, 0.1) is 30.1 Å². The summed E-state index contributed by atoms with van der Waals surface area (Å²) in [6.45, 7) is 9.32. The van der Waals surface area contributed by atoms with Crippen molar-refractivity contribution in [3.05, 3.63) is 88.9 Å². The first-order valence-corrected chi connectivity index (χ1v) is 18.6. The van der Waals surface area contributed by atoms with E-state index in [-0.39, 0.29) is 41.7 Å². The first-order chi connectivity index (χ1) is 23.1. The second-order valence-electron chi connectivity index (χ2n) is 11.8. The number of hydrogen-bond donors (Lipinski definition) is 3. The molecule has 252 valence electrons. The van der Waals surface area contributed by atoms with E-state index in [4.69, 9.17) is 4.74 Å². The van der Waals surface area contributed by atoms with E-state index < -0.39 is 10.8 Å². The highest BCUT2D eigenvalue weighted by Crippen LogP contribution is 2.57. The summed E-state index contributed by atoms with van der Waals surface area (Å²) < 4.78 is 32.9. The van der Waals surface area contributed by atoms with Crippen LogP contribution in [-0.4, -0.2) is 68.2 Å². The maximum atomic E-state index is 13.6. The number of pyridine rings is 1. The number of ether oxygens (including phenoxy) is 1. The number of carbonyl (C=O) groups excluding carboxylic acids is 1. The first kappa shape index (κ1) is 33.8. The van der Waals surface area contributed by atoms with Gasteiger partial charge in [-0.25, -0.2) is 19.6 Å². The predicted octanol–water partition coefficient (Wildman–Crippen LogP) is 6.83. The van der Waals surface area contributed by atoms with Crippen molar-refractivity contribution in [1.82, 2.24) is 34.3 Å². The second-order valence-corrected chi connectivity index (χ2v) is 14.6. The number of amides is 1. The number of carbonyl (C=O) groups is 1. The van der Waals surface area contributed by atoms with E-state index in [1.165, 1.54) is 11.8 Å². The van der Waals surface area contributed by atoms with Crippen molar-refractivity contribution in [2.45, 2.75) is 75.7 Å². The van der Waals surface area contributed by atoms with E-state index >= 15 is 0 Å². The summed E-state index contributed by atoms with van der Waals surface area (Å²) in [4.78, 5) is 26.8. The number of benzene rings is 2. The van der Waals surface area contributed by atoms with Crippen LogP contribution in [0.2, 0.25) is 0 Å². The van der Waals surface area contributed by atoms with Crippen LogP contribution in [0.1, 0.15) is 60.4 Å². The molecular weight excluding hydrogens is 649 g/mol. The summed E-state index contributed by atoms with van der Waals surface area (Å²) in [5, 5.41) is 12.4. The van der Waals surface area contributed by atoms with Crippen molar-refractivity contribution in [3.8, 4) is 5.88 Å². The Kier molecular flexibility index (Phi) is 9.99. The zero-order chi connectivity index (χ0) is 34.0. The van der Waals surface area contributed by atoms with Gasteiger partial charge in [0, 0.05) is 31.6 Å². The highest BCUT2D eigenvalue weighted by Gasteiger charge is 2.36. The fourth-order valence-corrected chi connectivity index (χ4v) is 7.94. The molecule has 2 aromatic carbocycles. The van der Waals surface area contributed by atoms with Crippen molar-refractivity contribution < 1.29 is 18.6 Å². The lowest BCUT2D eigenvalue weighted by Gasteiger charge is -2.41. The lowest BCUT2D eigenvalue weighted by molar-refractivity contribution is -0.116. The maximum Gasteiger partial charge on any atom is 0.239 e. The molecule has 6 rings (SSSR count). The number of aryl methyl sites for hydroxylation is 3. The molecule has 0 aliphatic carbocycles. The van der Waals surface area contributed by atoms with E-state index in [0.717, 1.165) is 38.9 Å². The molecule has 0 fully saturated rings. The molecule has 1 amide bonds. The standard InChI is InChI=1S/C34H40N8O4S2/c1-6-26-20-41(48(44,45)30-9-8-14-35-33(30)46-26)19-24-15-23(11-10-21(24)3)28(16-31(43)38-25-17-36-34(47-5)37-18-25)27-12-13-29-32(22(27)4)39-40-42(29)7-2/h8-15,17-18,26,28,44-45H,6-7,16,19-20H2,1-5H3,(H,38,43). The fraction of sp³-hybridized carbons (Fsp3) is 0.353. The Balaban J connectivity index is 1.38. The monoisotopic (exact) mass is 688 g/mol. The number of thioether (sulfide) groups is 1. The maximum absolute atomic E-state index is 13.6. The number of nitrogens with zero attached hydrogens (tertiary/aromatic N) is 7. The third-order valence-electron chi connectivity index (χ3n) is 8.80. The first-order valence-electron chi connectivity index (χ1n) is 15.9. The molecule has 0 saturated carbocycles. The minimum atomic E-state index is -3.40. The Morgan fingerprint density at radius 2 is 1.92 bits per heavy atom. The number of fused-ring (bicyclic) bond motifs is 2. The Labute approximate surface area is 285 Å². The summed E-state index contributed by atoms with van der Waals surface area (Å²) in [6, 6.07) is 13.6. The van der Waals surface area contributed by atoms with Crippen LogP contribution in [0.25, 0.3) is 11.0 Å². The van der Waals surface area contributed by atoms with Crippen LogP contribution < -0.4 is 10.1 Å². The van der Waals surface area contributed by atoms with Crippen molar-refractivity contribution >= 4 is 45.2 Å². The molecule has 12 nitrogen and oxygen atoms in total. The van der Waals surface area contributed by atoms with Gasteiger partial charge < -0.3 is 10.1 Å². The molecule has 3 N–H and O–H groups in total.